The fraction of sp³-hybridized carbons (Fsp3) is 0. The van der Waals surface area contributed by atoms with Gasteiger partial charge in [0, 0.05) is 12.4 Å². The Morgan fingerprint density at radius 3 is 2.91 bits per heavy atom. The molecule has 0 unspecified atom stereocenters. The molecule has 0 saturated heterocycles. The Balaban J connectivity index is 2.87. The second-order valence-corrected chi connectivity index (χ2v) is 4.04. The first-order chi connectivity index (χ1) is 5.27. The van der Waals surface area contributed by atoms with E-state index >= 15 is 0 Å². The quantitative estimate of drug-likeness (QED) is 0.695. The van der Waals surface area contributed by atoms with Gasteiger partial charge < -0.3 is 0 Å². The summed E-state index contributed by atoms with van der Waals surface area (Å²) in [6.07, 6.45) is 5.46. The Labute approximate surface area is 85.1 Å². The fourth-order valence-corrected chi connectivity index (χ4v) is 1.62. The lowest BCUT2D eigenvalue weighted by atomic mass is 10.7. The van der Waals surface area contributed by atoms with Gasteiger partial charge in [0.05, 0.1) is 10.7 Å². The maximum Gasteiger partial charge on any atom is 0.234 e. The SMILES string of the molecule is Brc1cnc2ncc(I)n2c1. The summed E-state index contributed by atoms with van der Waals surface area (Å²) < 4.78 is 3.94. The van der Waals surface area contributed by atoms with E-state index in [1.54, 1.807) is 12.4 Å². The number of hydrogen-bond donors (Lipinski definition) is 0. The van der Waals surface area contributed by atoms with Crippen molar-refractivity contribution in [2.45, 2.75) is 0 Å². The third-order valence-corrected chi connectivity index (χ3v) is 2.50. The lowest BCUT2D eigenvalue weighted by molar-refractivity contribution is 1.07. The average molecular weight is 324 g/mol. The van der Waals surface area contributed by atoms with E-state index in [-0.39, 0.29) is 0 Å². The highest BCUT2D eigenvalue weighted by Crippen LogP contribution is 2.11. The Morgan fingerprint density at radius 1 is 1.36 bits per heavy atom. The normalized spacial score (nSPS) is 10.7. The van der Waals surface area contributed by atoms with Crippen molar-refractivity contribution in [3.63, 3.8) is 0 Å². The van der Waals surface area contributed by atoms with Crippen molar-refractivity contribution < 1.29 is 0 Å². The molecule has 0 radical (unpaired) electrons. The van der Waals surface area contributed by atoms with Gasteiger partial charge in [0.2, 0.25) is 5.78 Å². The summed E-state index contributed by atoms with van der Waals surface area (Å²) in [4.78, 5) is 8.18. The summed E-state index contributed by atoms with van der Waals surface area (Å²) in [5.74, 6) is 0.734. The zero-order valence-electron chi connectivity index (χ0n) is 5.33. The molecular weight excluding hydrogens is 321 g/mol. The average Bonchev–Trinajstić information content (AvgIpc) is 2.33. The molecule has 5 heteroatoms. The molecule has 0 saturated carbocycles. The Kier molecular flexibility index (Phi) is 1.84. The molecule has 2 aromatic rings. The summed E-state index contributed by atoms with van der Waals surface area (Å²) >= 11 is 5.55. The fourth-order valence-electron chi connectivity index (χ4n) is 0.822. The minimum atomic E-state index is 0.734. The highest BCUT2D eigenvalue weighted by molar-refractivity contribution is 14.1. The molecule has 0 fully saturated rings. The van der Waals surface area contributed by atoms with Crippen LogP contribution in [0.15, 0.2) is 23.1 Å². The van der Waals surface area contributed by atoms with Crippen LogP contribution in [0.1, 0.15) is 0 Å². The lowest BCUT2D eigenvalue weighted by Gasteiger charge is -1.93. The van der Waals surface area contributed by atoms with Gasteiger partial charge in [-0.05, 0) is 38.5 Å². The third-order valence-electron chi connectivity index (χ3n) is 1.29. The molecule has 56 valence electrons. The summed E-state index contributed by atoms with van der Waals surface area (Å²) in [6, 6.07) is 0. The molecule has 0 bridgehead atoms. The van der Waals surface area contributed by atoms with Crippen LogP contribution in [0.5, 0.6) is 0 Å². The van der Waals surface area contributed by atoms with Gasteiger partial charge >= 0.3 is 0 Å². The van der Waals surface area contributed by atoms with E-state index in [1.807, 2.05) is 10.6 Å². The van der Waals surface area contributed by atoms with Gasteiger partial charge in [-0.3, -0.25) is 4.40 Å². The van der Waals surface area contributed by atoms with Crippen molar-refractivity contribution >= 4 is 44.3 Å². The molecule has 2 rings (SSSR count). The zero-order valence-corrected chi connectivity index (χ0v) is 9.07. The van der Waals surface area contributed by atoms with Gasteiger partial charge in [0.25, 0.3) is 0 Å². The number of fused-ring (bicyclic) bond motifs is 1. The van der Waals surface area contributed by atoms with E-state index in [4.69, 9.17) is 0 Å². The van der Waals surface area contributed by atoms with E-state index in [0.717, 1.165) is 14.0 Å². The summed E-state index contributed by atoms with van der Waals surface area (Å²) in [5, 5.41) is 0. The van der Waals surface area contributed by atoms with Crippen LogP contribution >= 0.6 is 38.5 Å². The molecule has 2 aromatic heterocycles. The number of rotatable bonds is 0. The summed E-state index contributed by atoms with van der Waals surface area (Å²) in [6.45, 7) is 0. The van der Waals surface area contributed by atoms with Crippen LogP contribution in [0.25, 0.3) is 5.78 Å². The molecular formula is C6H3BrIN3. The van der Waals surface area contributed by atoms with Gasteiger partial charge in [0.15, 0.2) is 0 Å². The largest absolute Gasteiger partial charge is 0.278 e. The van der Waals surface area contributed by atoms with Crippen LogP contribution in [0.3, 0.4) is 0 Å². The maximum atomic E-state index is 4.10. The van der Waals surface area contributed by atoms with Crippen molar-refractivity contribution in [2.75, 3.05) is 0 Å². The van der Waals surface area contributed by atoms with Crippen molar-refractivity contribution in [3.05, 3.63) is 26.8 Å². The van der Waals surface area contributed by atoms with Crippen molar-refractivity contribution in [3.8, 4) is 0 Å². The van der Waals surface area contributed by atoms with E-state index in [1.165, 1.54) is 0 Å². The molecule has 0 atom stereocenters. The van der Waals surface area contributed by atoms with Crippen LogP contribution in [-0.2, 0) is 0 Å². The molecule has 0 aliphatic carbocycles. The second-order valence-electron chi connectivity index (χ2n) is 2.02. The number of nitrogens with zero attached hydrogens (tertiary/aromatic N) is 3. The highest BCUT2D eigenvalue weighted by Gasteiger charge is 1.99. The van der Waals surface area contributed by atoms with Gasteiger partial charge in [0.1, 0.15) is 3.70 Å². The van der Waals surface area contributed by atoms with Crippen LogP contribution in [0.2, 0.25) is 0 Å². The third kappa shape index (κ3) is 1.26. The first kappa shape index (κ1) is 7.48. The summed E-state index contributed by atoms with van der Waals surface area (Å²) in [7, 11) is 0. The number of halogens is 2. The lowest BCUT2D eigenvalue weighted by Crippen LogP contribution is -1.88. The van der Waals surface area contributed by atoms with E-state index < -0.39 is 0 Å². The molecule has 0 aromatic carbocycles. The Hall–Kier alpha value is -0.170. The number of aromatic nitrogens is 3. The molecule has 2 heterocycles. The second kappa shape index (κ2) is 2.71. The van der Waals surface area contributed by atoms with Gasteiger partial charge in [-0.15, -0.1) is 0 Å². The smallest absolute Gasteiger partial charge is 0.234 e. The predicted octanol–water partition coefficient (Wildman–Crippen LogP) is 2.10. The van der Waals surface area contributed by atoms with Crippen LogP contribution < -0.4 is 0 Å². The van der Waals surface area contributed by atoms with E-state index in [2.05, 4.69) is 48.5 Å². The van der Waals surface area contributed by atoms with Crippen LogP contribution in [0.4, 0.5) is 0 Å². The van der Waals surface area contributed by atoms with Crippen LogP contribution in [-0.4, -0.2) is 14.4 Å². The van der Waals surface area contributed by atoms with Crippen molar-refractivity contribution in [1.82, 2.24) is 14.4 Å². The molecule has 0 aliphatic heterocycles. The monoisotopic (exact) mass is 323 g/mol. The van der Waals surface area contributed by atoms with Crippen molar-refractivity contribution in [2.24, 2.45) is 0 Å². The minimum absolute atomic E-state index is 0.734. The standard InChI is InChI=1S/C6H3BrIN3/c7-4-1-9-6-10-2-5(8)11(6)3-4/h1-3H. The minimum Gasteiger partial charge on any atom is -0.278 e. The maximum absolute atomic E-state index is 4.10. The van der Waals surface area contributed by atoms with Gasteiger partial charge in [-0.25, -0.2) is 9.97 Å². The number of imidazole rings is 1. The topological polar surface area (TPSA) is 30.2 Å². The highest BCUT2D eigenvalue weighted by atomic mass is 127. The molecule has 0 N–H and O–H groups in total. The molecule has 0 aliphatic rings. The van der Waals surface area contributed by atoms with Gasteiger partial charge in [-0.1, -0.05) is 0 Å². The first-order valence-electron chi connectivity index (χ1n) is 2.91. The van der Waals surface area contributed by atoms with Gasteiger partial charge in [-0.2, -0.15) is 0 Å². The predicted molar refractivity (Wildman–Crippen MR) is 53.4 cm³/mol. The zero-order chi connectivity index (χ0) is 7.84. The molecule has 3 nitrogen and oxygen atoms in total. The van der Waals surface area contributed by atoms with E-state index in [0.29, 0.717) is 0 Å². The first-order valence-corrected chi connectivity index (χ1v) is 4.78. The number of hydrogen-bond acceptors (Lipinski definition) is 2. The van der Waals surface area contributed by atoms with E-state index in [9.17, 15) is 0 Å². The Bertz CT molecular complexity index is 398. The molecule has 11 heavy (non-hydrogen) atoms. The van der Waals surface area contributed by atoms with Crippen LogP contribution in [0, 0.1) is 3.70 Å². The molecule has 0 spiro atoms. The van der Waals surface area contributed by atoms with Crippen molar-refractivity contribution in [1.29, 1.82) is 0 Å². The summed E-state index contributed by atoms with van der Waals surface area (Å²) in [5.41, 5.74) is 0. The molecule has 0 amide bonds. The Morgan fingerprint density at radius 2 is 2.09 bits per heavy atom.